The Kier molecular flexibility index (Phi) is 3.44. The molecule has 0 radical (unpaired) electrons. The third kappa shape index (κ3) is 2.29. The second kappa shape index (κ2) is 5.25. The minimum Gasteiger partial charge on any atom is -0.455 e. The van der Waals surface area contributed by atoms with Crippen LogP contribution in [0.15, 0.2) is 21.9 Å². The molecule has 2 aromatic heterocycles. The minimum atomic E-state index is -0.252. The number of Topliss-reactive ketones (excluding diaryl/α,β-unsaturated/α-hetero) is 1. The van der Waals surface area contributed by atoms with Gasteiger partial charge in [-0.05, 0) is 24.8 Å². The average Bonchev–Trinajstić information content (AvgIpc) is 3.05. The lowest BCUT2D eigenvalue weighted by Gasteiger charge is -2.07. The Labute approximate surface area is 120 Å². The van der Waals surface area contributed by atoms with Gasteiger partial charge in [-0.15, -0.1) is 11.3 Å². The van der Waals surface area contributed by atoms with Gasteiger partial charge in [0, 0.05) is 23.3 Å². The first-order valence-electron chi connectivity index (χ1n) is 6.63. The van der Waals surface area contributed by atoms with Gasteiger partial charge in [0.05, 0.1) is 12.1 Å². The fourth-order valence-electron chi connectivity index (χ4n) is 2.53. The Morgan fingerprint density at radius 3 is 3.00 bits per heavy atom. The van der Waals surface area contributed by atoms with Crippen LogP contribution in [0, 0.1) is 6.92 Å². The number of furan rings is 1. The Morgan fingerprint density at radius 2 is 2.30 bits per heavy atom. The van der Waals surface area contributed by atoms with Gasteiger partial charge < -0.3 is 9.73 Å². The molecule has 104 valence electrons. The summed E-state index contributed by atoms with van der Waals surface area (Å²) in [4.78, 5) is 25.2. The molecule has 1 aliphatic rings. The summed E-state index contributed by atoms with van der Waals surface area (Å²) in [5.41, 5.74) is 1.30. The summed E-state index contributed by atoms with van der Waals surface area (Å²) in [5, 5.41) is 4.80. The van der Waals surface area contributed by atoms with Crippen molar-refractivity contribution in [3.8, 4) is 0 Å². The third-order valence-electron chi connectivity index (χ3n) is 3.52. The van der Waals surface area contributed by atoms with Crippen molar-refractivity contribution in [3.05, 3.63) is 45.0 Å². The van der Waals surface area contributed by atoms with Gasteiger partial charge in [0.15, 0.2) is 11.5 Å². The number of carbonyl (C=O) groups excluding carboxylic acids is 2. The monoisotopic (exact) mass is 289 g/mol. The van der Waals surface area contributed by atoms with E-state index < -0.39 is 0 Å². The molecule has 2 aromatic rings. The molecule has 0 bridgehead atoms. The maximum Gasteiger partial charge on any atom is 0.287 e. The number of aryl methyl sites for hydroxylation is 1. The fourth-order valence-corrected chi connectivity index (χ4v) is 3.17. The molecule has 5 heteroatoms. The number of rotatable bonds is 3. The number of fused-ring (bicyclic) bond motifs is 1. The number of thiophene rings is 1. The molecule has 0 saturated carbocycles. The summed E-state index contributed by atoms with van der Waals surface area (Å²) in [5.74, 6) is 0.782. The lowest BCUT2D eigenvalue weighted by Crippen LogP contribution is -2.22. The lowest BCUT2D eigenvalue weighted by atomic mass is 9.94. The van der Waals surface area contributed by atoms with E-state index in [4.69, 9.17) is 4.42 Å². The van der Waals surface area contributed by atoms with Crippen molar-refractivity contribution in [2.45, 2.75) is 32.7 Å². The summed E-state index contributed by atoms with van der Waals surface area (Å²) in [6, 6.07) is 3.91. The SMILES string of the molecule is Cc1c(C(=O)NCc2cccs2)oc2c1C(=O)CCC2. The van der Waals surface area contributed by atoms with E-state index >= 15 is 0 Å². The van der Waals surface area contributed by atoms with Crippen LogP contribution >= 0.6 is 11.3 Å². The normalized spacial score (nSPS) is 14.2. The van der Waals surface area contributed by atoms with Crippen LogP contribution in [0.4, 0.5) is 0 Å². The van der Waals surface area contributed by atoms with E-state index in [-0.39, 0.29) is 17.5 Å². The second-order valence-electron chi connectivity index (χ2n) is 4.89. The topological polar surface area (TPSA) is 59.3 Å². The molecule has 0 spiro atoms. The van der Waals surface area contributed by atoms with Gasteiger partial charge in [0.2, 0.25) is 0 Å². The van der Waals surface area contributed by atoms with E-state index in [1.54, 1.807) is 18.3 Å². The predicted octanol–water partition coefficient (Wildman–Crippen LogP) is 3.10. The first kappa shape index (κ1) is 13.1. The molecule has 0 atom stereocenters. The summed E-state index contributed by atoms with van der Waals surface area (Å²) in [7, 11) is 0. The Hall–Kier alpha value is -1.88. The Bertz CT molecular complexity index is 655. The fraction of sp³-hybridized carbons (Fsp3) is 0.333. The van der Waals surface area contributed by atoms with Gasteiger partial charge >= 0.3 is 0 Å². The zero-order valence-corrected chi connectivity index (χ0v) is 12.0. The number of amides is 1. The molecule has 1 N–H and O–H groups in total. The summed E-state index contributed by atoms with van der Waals surface area (Å²) in [6.07, 6.45) is 2.08. The van der Waals surface area contributed by atoms with Gasteiger partial charge in [-0.2, -0.15) is 0 Å². The van der Waals surface area contributed by atoms with Crippen molar-refractivity contribution in [1.82, 2.24) is 5.32 Å². The zero-order chi connectivity index (χ0) is 14.1. The highest BCUT2D eigenvalue weighted by Gasteiger charge is 2.28. The van der Waals surface area contributed by atoms with Crippen LogP contribution in [0.5, 0.6) is 0 Å². The zero-order valence-electron chi connectivity index (χ0n) is 11.2. The van der Waals surface area contributed by atoms with Crippen LogP contribution in [0.2, 0.25) is 0 Å². The second-order valence-corrected chi connectivity index (χ2v) is 5.93. The molecule has 4 nitrogen and oxygen atoms in total. The highest BCUT2D eigenvalue weighted by atomic mass is 32.1. The molecule has 1 amide bonds. The number of nitrogens with one attached hydrogen (secondary N) is 1. The minimum absolute atomic E-state index is 0.0878. The van der Waals surface area contributed by atoms with Crippen LogP contribution < -0.4 is 5.32 Å². The first-order chi connectivity index (χ1) is 9.66. The van der Waals surface area contributed by atoms with Gasteiger partial charge in [-0.1, -0.05) is 6.07 Å². The molecular weight excluding hydrogens is 274 g/mol. The standard InChI is InChI=1S/C15H15NO3S/c1-9-13-11(17)5-2-6-12(13)19-14(9)15(18)16-8-10-4-3-7-20-10/h3-4,7H,2,5-6,8H2,1H3,(H,16,18). The van der Waals surface area contributed by atoms with E-state index in [9.17, 15) is 9.59 Å². The van der Waals surface area contributed by atoms with Gasteiger partial charge in [-0.25, -0.2) is 0 Å². The van der Waals surface area contributed by atoms with Gasteiger partial charge in [0.25, 0.3) is 5.91 Å². The quantitative estimate of drug-likeness (QED) is 0.944. The number of hydrogen-bond donors (Lipinski definition) is 1. The molecule has 0 fully saturated rings. The van der Waals surface area contributed by atoms with Gasteiger partial charge in [0.1, 0.15) is 5.76 Å². The molecule has 20 heavy (non-hydrogen) atoms. The summed E-state index contributed by atoms with van der Waals surface area (Å²) < 4.78 is 5.61. The first-order valence-corrected chi connectivity index (χ1v) is 7.51. The molecule has 0 aliphatic heterocycles. The van der Waals surface area contributed by atoms with Crippen LogP contribution in [0.25, 0.3) is 0 Å². The van der Waals surface area contributed by atoms with Crippen LogP contribution in [0.3, 0.4) is 0 Å². The predicted molar refractivity (Wildman–Crippen MR) is 76.2 cm³/mol. The van der Waals surface area contributed by atoms with Crippen molar-refractivity contribution in [1.29, 1.82) is 0 Å². The van der Waals surface area contributed by atoms with Gasteiger partial charge in [-0.3, -0.25) is 9.59 Å². The average molecular weight is 289 g/mol. The Morgan fingerprint density at radius 1 is 1.45 bits per heavy atom. The third-order valence-corrected chi connectivity index (χ3v) is 4.39. The molecule has 0 unspecified atom stereocenters. The van der Waals surface area contributed by atoms with E-state index in [0.29, 0.717) is 29.9 Å². The van der Waals surface area contributed by atoms with Crippen molar-refractivity contribution >= 4 is 23.0 Å². The largest absolute Gasteiger partial charge is 0.455 e. The van der Waals surface area contributed by atoms with Crippen LogP contribution in [-0.4, -0.2) is 11.7 Å². The van der Waals surface area contributed by atoms with Crippen molar-refractivity contribution < 1.29 is 14.0 Å². The summed E-state index contributed by atoms with van der Waals surface area (Å²) >= 11 is 1.59. The van der Waals surface area contributed by atoms with Crippen LogP contribution in [-0.2, 0) is 13.0 Å². The van der Waals surface area contributed by atoms with E-state index in [0.717, 1.165) is 17.7 Å². The molecule has 0 aromatic carbocycles. The molecule has 1 aliphatic carbocycles. The maximum atomic E-state index is 12.2. The number of carbonyl (C=O) groups is 2. The van der Waals surface area contributed by atoms with Crippen LogP contribution in [0.1, 0.15) is 50.0 Å². The van der Waals surface area contributed by atoms with E-state index in [1.165, 1.54) is 0 Å². The van der Waals surface area contributed by atoms with Crippen molar-refractivity contribution in [2.24, 2.45) is 0 Å². The highest BCUT2D eigenvalue weighted by Crippen LogP contribution is 2.29. The molecular formula is C15H15NO3S. The molecule has 0 saturated heterocycles. The smallest absolute Gasteiger partial charge is 0.287 e. The van der Waals surface area contributed by atoms with E-state index in [2.05, 4.69) is 5.32 Å². The lowest BCUT2D eigenvalue weighted by molar-refractivity contribution is 0.0917. The molecule has 3 rings (SSSR count). The maximum absolute atomic E-state index is 12.2. The van der Waals surface area contributed by atoms with Crippen molar-refractivity contribution in [2.75, 3.05) is 0 Å². The number of ketones is 1. The van der Waals surface area contributed by atoms with E-state index in [1.807, 2.05) is 17.5 Å². The highest BCUT2D eigenvalue weighted by molar-refractivity contribution is 7.09. The van der Waals surface area contributed by atoms with Crippen molar-refractivity contribution in [3.63, 3.8) is 0 Å². The Balaban J connectivity index is 1.80. The summed E-state index contributed by atoms with van der Waals surface area (Å²) in [6.45, 7) is 2.26. The molecule has 2 heterocycles. The number of hydrogen-bond acceptors (Lipinski definition) is 4.